The lowest BCUT2D eigenvalue weighted by Gasteiger charge is -2.33. The molecule has 2 aromatic rings. The third-order valence-corrected chi connectivity index (χ3v) is 5.14. The highest BCUT2D eigenvalue weighted by Crippen LogP contribution is 2.14. The smallest absolute Gasteiger partial charge is 0.246 e. The number of nitrogens with one attached hydrogen (secondary N) is 1. The molecule has 3 rings (SSSR count). The summed E-state index contributed by atoms with van der Waals surface area (Å²) in [6.07, 6.45) is 3.41. The minimum atomic E-state index is -0.341. The van der Waals surface area contributed by atoms with Crippen molar-refractivity contribution < 1.29 is 14.0 Å². The quantitative estimate of drug-likeness (QED) is 0.781. The molecule has 0 saturated carbocycles. The van der Waals surface area contributed by atoms with Crippen LogP contribution in [0.5, 0.6) is 0 Å². The average Bonchev–Trinajstić information content (AvgIpc) is 2.94. The molecule has 1 aromatic heterocycles. The molecule has 1 aliphatic rings. The van der Waals surface area contributed by atoms with Gasteiger partial charge in [-0.3, -0.25) is 19.2 Å². The second-order valence-corrected chi connectivity index (χ2v) is 7.20. The molecule has 29 heavy (non-hydrogen) atoms. The fourth-order valence-corrected chi connectivity index (χ4v) is 3.35. The first-order valence-corrected chi connectivity index (χ1v) is 9.58. The zero-order chi connectivity index (χ0) is 21.0. The van der Waals surface area contributed by atoms with Gasteiger partial charge >= 0.3 is 0 Å². The van der Waals surface area contributed by atoms with Crippen LogP contribution in [0.15, 0.2) is 30.3 Å². The number of aromatic nitrogens is 2. The SMILES string of the molecule is Cc1nn(C)c(C)c1/C=C/C(=O)N1CCN(CC(=O)Nc2ccc(F)cc2)CC1. The fraction of sp³-hybridized carbons (Fsp3) is 0.381. The van der Waals surface area contributed by atoms with Gasteiger partial charge in [-0.15, -0.1) is 0 Å². The zero-order valence-electron chi connectivity index (χ0n) is 17.0. The Morgan fingerprint density at radius 2 is 1.79 bits per heavy atom. The van der Waals surface area contributed by atoms with Crippen molar-refractivity contribution in [1.29, 1.82) is 0 Å². The number of benzene rings is 1. The molecule has 1 saturated heterocycles. The van der Waals surface area contributed by atoms with Gasteiger partial charge < -0.3 is 10.2 Å². The Hall–Kier alpha value is -3.00. The third-order valence-electron chi connectivity index (χ3n) is 5.14. The number of aryl methyl sites for hydroxylation is 2. The van der Waals surface area contributed by atoms with E-state index >= 15 is 0 Å². The van der Waals surface area contributed by atoms with Crippen LogP contribution in [0, 0.1) is 19.7 Å². The molecule has 0 radical (unpaired) electrons. The summed E-state index contributed by atoms with van der Waals surface area (Å²) in [6, 6.07) is 5.67. The second kappa shape index (κ2) is 9.00. The Kier molecular flexibility index (Phi) is 6.43. The molecular formula is C21H26FN5O2. The summed E-state index contributed by atoms with van der Waals surface area (Å²) in [7, 11) is 1.88. The van der Waals surface area contributed by atoms with Crippen LogP contribution < -0.4 is 5.32 Å². The van der Waals surface area contributed by atoms with E-state index in [-0.39, 0.29) is 24.2 Å². The topological polar surface area (TPSA) is 70.5 Å². The van der Waals surface area contributed by atoms with Crippen molar-refractivity contribution in [2.24, 2.45) is 7.05 Å². The maximum atomic E-state index is 12.9. The lowest BCUT2D eigenvalue weighted by Crippen LogP contribution is -2.50. The number of rotatable bonds is 5. The molecule has 0 aliphatic carbocycles. The molecule has 154 valence electrons. The van der Waals surface area contributed by atoms with Gasteiger partial charge in [0.05, 0.1) is 12.2 Å². The van der Waals surface area contributed by atoms with E-state index in [0.29, 0.717) is 31.9 Å². The third kappa shape index (κ3) is 5.29. The number of halogens is 1. The number of carbonyl (C=O) groups is 2. The number of carbonyl (C=O) groups excluding carboxylic acids is 2. The Bertz CT molecular complexity index is 912. The highest BCUT2D eigenvalue weighted by Gasteiger charge is 2.21. The monoisotopic (exact) mass is 399 g/mol. The lowest BCUT2D eigenvalue weighted by molar-refractivity contribution is -0.127. The molecule has 0 bridgehead atoms. The molecule has 0 atom stereocenters. The molecule has 2 heterocycles. The Balaban J connectivity index is 1.47. The van der Waals surface area contributed by atoms with Crippen molar-refractivity contribution in [2.45, 2.75) is 13.8 Å². The van der Waals surface area contributed by atoms with Crippen molar-refractivity contribution >= 4 is 23.6 Å². The van der Waals surface area contributed by atoms with Gasteiger partial charge in [0.25, 0.3) is 0 Å². The summed E-state index contributed by atoms with van der Waals surface area (Å²) in [5.41, 5.74) is 3.45. The number of hydrogen-bond acceptors (Lipinski definition) is 4. The molecule has 1 aliphatic heterocycles. The zero-order valence-corrected chi connectivity index (χ0v) is 17.0. The molecule has 0 spiro atoms. The highest BCUT2D eigenvalue weighted by atomic mass is 19.1. The normalized spacial score (nSPS) is 15.1. The fourth-order valence-electron chi connectivity index (χ4n) is 3.35. The Morgan fingerprint density at radius 1 is 1.14 bits per heavy atom. The molecule has 1 N–H and O–H groups in total. The lowest BCUT2D eigenvalue weighted by atomic mass is 10.2. The molecule has 8 heteroatoms. The predicted octanol–water partition coefficient (Wildman–Crippen LogP) is 1.97. The summed E-state index contributed by atoms with van der Waals surface area (Å²) in [6.45, 7) is 6.52. The van der Waals surface area contributed by atoms with E-state index in [9.17, 15) is 14.0 Å². The van der Waals surface area contributed by atoms with E-state index in [4.69, 9.17) is 0 Å². The molecule has 7 nitrogen and oxygen atoms in total. The van der Waals surface area contributed by atoms with Crippen LogP contribution >= 0.6 is 0 Å². The van der Waals surface area contributed by atoms with Gasteiger partial charge in [-0.25, -0.2) is 4.39 Å². The van der Waals surface area contributed by atoms with Crippen molar-refractivity contribution in [3.8, 4) is 0 Å². The van der Waals surface area contributed by atoms with Gasteiger partial charge in [0.2, 0.25) is 11.8 Å². The van der Waals surface area contributed by atoms with Crippen LogP contribution in [0.25, 0.3) is 6.08 Å². The predicted molar refractivity (Wildman–Crippen MR) is 110 cm³/mol. The van der Waals surface area contributed by atoms with Gasteiger partial charge in [-0.1, -0.05) is 0 Å². The largest absolute Gasteiger partial charge is 0.337 e. The second-order valence-electron chi connectivity index (χ2n) is 7.20. The van der Waals surface area contributed by atoms with Gasteiger partial charge in [-0.2, -0.15) is 5.10 Å². The standard InChI is InChI=1S/C21H26FN5O2/c1-15-19(16(2)25(3)24-15)8-9-21(29)27-12-10-26(11-13-27)14-20(28)23-18-6-4-17(22)5-7-18/h4-9H,10-14H2,1-3H3,(H,23,28)/b9-8+. The number of amides is 2. The number of anilines is 1. The van der Waals surface area contributed by atoms with Crippen LogP contribution in [0.2, 0.25) is 0 Å². The minimum absolute atomic E-state index is 0.0388. The summed E-state index contributed by atoms with van der Waals surface area (Å²) in [5.74, 6) is -0.534. The Labute approximate surface area is 169 Å². The van der Waals surface area contributed by atoms with E-state index in [1.807, 2.05) is 31.9 Å². The van der Waals surface area contributed by atoms with Crippen molar-refractivity contribution in [3.05, 3.63) is 53.1 Å². The first-order chi connectivity index (χ1) is 13.8. The van der Waals surface area contributed by atoms with E-state index in [1.165, 1.54) is 24.3 Å². The van der Waals surface area contributed by atoms with Crippen LogP contribution in [-0.4, -0.2) is 64.1 Å². The first-order valence-electron chi connectivity index (χ1n) is 9.58. The van der Waals surface area contributed by atoms with Crippen LogP contribution in [0.1, 0.15) is 17.0 Å². The number of nitrogens with zero attached hydrogens (tertiary/aromatic N) is 4. The molecule has 0 unspecified atom stereocenters. The van der Waals surface area contributed by atoms with Crippen LogP contribution in [0.4, 0.5) is 10.1 Å². The average molecular weight is 399 g/mol. The van der Waals surface area contributed by atoms with Crippen molar-refractivity contribution in [2.75, 3.05) is 38.0 Å². The van der Waals surface area contributed by atoms with Crippen LogP contribution in [-0.2, 0) is 16.6 Å². The van der Waals surface area contributed by atoms with Crippen molar-refractivity contribution in [3.63, 3.8) is 0 Å². The number of hydrogen-bond donors (Lipinski definition) is 1. The molecule has 1 fully saturated rings. The van der Waals surface area contributed by atoms with Gasteiger partial charge in [0, 0.05) is 56.2 Å². The maximum Gasteiger partial charge on any atom is 0.246 e. The summed E-state index contributed by atoms with van der Waals surface area (Å²) < 4.78 is 14.7. The summed E-state index contributed by atoms with van der Waals surface area (Å²) >= 11 is 0. The highest BCUT2D eigenvalue weighted by molar-refractivity contribution is 5.93. The van der Waals surface area contributed by atoms with Crippen LogP contribution in [0.3, 0.4) is 0 Å². The maximum absolute atomic E-state index is 12.9. The molecular weight excluding hydrogens is 373 g/mol. The van der Waals surface area contributed by atoms with E-state index in [1.54, 1.807) is 15.7 Å². The van der Waals surface area contributed by atoms with E-state index in [2.05, 4.69) is 10.4 Å². The number of piperazine rings is 1. The van der Waals surface area contributed by atoms with E-state index < -0.39 is 0 Å². The Morgan fingerprint density at radius 3 is 2.38 bits per heavy atom. The van der Waals surface area contributed by atoms with E-state index in [0.717, 1.165) is 17.0 Å². The van der Waals surface area contributed by atoms with Gasteiger partial charge in [0.15, 0.2) is 0 Å². The van der Waals surface area contributed by atoms with Crippen molar-refractivity contribution in [1.82, 2.24) is 19.6 Å². The van der Waals surface area contributed by atoms with Gasteiger partial charge in [-0.05, 0) is 44.2 Å². The summed E-state index contributed by atoms with van der Waals surface area (Å²) in [5, 5.41) is 7.10. The summed E-state index contributed by atoms with van der Waals surface area (Å²) in [4.78, 5) is 28.4. The molecule has 2 amide bonds. The minimum Gasteiger partial charge on any atom is -0.337 e. The van der Waals surface area contributed by atoms with Gasteiger partial charge in [0.1, 0.15) is 5.82 Å². The molecule has 1 aromatic carbocycles. The first kappa shape index (κ1) is 20.7.